The highest BCUT2D eigenvalue weighted by atomic mass is 16.5. The van der Waals surface area contributed by atoms with Crippen molar-refractivity contribution in [2.24, 2.45) is 5.11 Å². The van der Waals surface area contributed by atoms with E-state index in [1.165, 1.54) is 6.08 Å². The second kappa shape index (κ2) is 5.18. The standard InChI is InChI=1S/C12H11N3O2/c13-15-14-8-9-6-11(17-12(16)7-9)10-4-2-1-3-5-10/h1-5,7,11H,6,8H2. The van der Waals surface area contributed by atoms with E-state index >= 15 is 0 Å². The van der Waals surface area contributed by atoms with E-state index in [1.807, 2.05) is 30.3 Å². The number of carbonyl (C=O) groups is 1. The zero-order valence-corrected chi connectivity index (χ0v) is 9.11. The Bertz CT molecular complexity index is 490. The van der Waals surface area contributed by atoms with Gasteiger partial charge in [0.15, 0.2) is 0 Å². The van der Waals surface area contributed by atoms with Gasteiger partial charge in [-0.3, -0.25) is 0 Å². The van der Waals surface area contributed by atoms with Gasteiger partial charge in [-0.15, -0.1) is 0 Å². The lowest BCUT2D eigenvalue weighted by Gasteiger charge is -2.22. The Morgan fingerprint density at radius 1 is 1.41 bits per heavy atom. The maximum Gasteiger partial charge on any atom is 0.331 e. The number of ether oxygens (including phenoxy) is 1. The fourth-order valence-electron chi connectivity index (χ4n) is 1.77. The summed E-state index contributed by atoms with van der Waals surface area (Å²) in [5.41, 5.74) is 10.0. The van der Waals surface area contributed by atoms with E-state index in [9.17, 15) is 4.79 Å². The second-order valence-electron chi connectivity index (χ2n) is 3.73. The normalized spacial score (nSPS) is 18.9. The van der Waals surface area contributed by atoms with Crippen molar-refractivity contribution in [1.29, 1.82) is 0 Å². The van der Waals surface area contributed by atoms with E-state index < -0.39 is 0 Å². The average molecular weight is 229 g/mol. The summed E-state index contributed by atoms with van der Waals surface area (Å²) in [4.78, 5) is 14.1. The molecule has 0 spiro atoms. The van der Waals surface area contributed by atoms with Crippen LogP contribution in [0.15, 0.2) is 47.1 Å². The highest BCUT2D eigenvalue weighted by Gasteiger charge is 2.22. The predicted molar refractivity (Wildman–Crippen MR) is 62.0 cm³/mol. The summed E-state index contributed by atoms with van der Waals surface area (Å²) in [6.45, 7) is 0.217. The minimum absolute atomic E-state index is 0.217. The molecule has 5 nitrogen and oxygen atoms in total. The molecule has 1 heterocycles. The van der Waals surface area contributed by atoms with Crippen LogP contribution in [0, 0.1) is 0 Å². The highest BCUT2D eigenvalue weighted by Crippen LogP contribution is 2.28. The minimum Gasteiger partial charge on any atom is -0.454 e. The third kappa shape index (κ3) is 2.86. The lowest BCUT2D eigenvalue weighted by molar-refractivity contribution is -0.144. The number of rotatable bonds is 3. The van der Waals surface area contributed by atoms with Crippen LogP contribution in [0.5, 0.6) is 0 Å². The van der Waals surface area contributed by atoms with Gasteiger partial charge in [0, 0.05) is 24.0 Å². The van der Waals surface area contributed by atoms with Crippen molar-refractivity contribution in [2.45, 2.75) is 12.5 Å². The number of cyclic esters (lactones) is 1. The molecular weight excluding hydrogens is 218 g/mol. The van der Waals surface area contributed by atoms with E-state index in [0.717, 1.165) is 11.1 Å². The van der Waals surface area contributed by atoms with Gasteiger partial charge < -0.3 is 4.74 Å². The van der Waals surface area contributed by atoms with Gasteiger partial charge in [-0.2, -0.15) is 0 Å². The van der Waals surface area contributed by atoms with Gasteiger partial charge >= 0.3 is 5.97 Å². The molecule has 0 bridgehead atoms. The summed E-state index contributed by atoms with van der Waals surface area (Å²) in [7, 11) is 0. The van der Waals surface area contributed by atoms with Crippen LogP contribution in [0.2, 0.25) is 0 Å². The maximum atomic E-state index is 11.4. The molecule has 1 aromatic rings. The molecule has 0 radical (unpaired) electrons. The number of hydrogen-bond donors (Lipinski definition) is 0. The van der Waals surface area contributed by atoms with Crippen LogP contribution in [0.25, 0.3) is 10.4 Å². The first-order valence-corrected chi connectivity index (χ1v) is 5.25. The maximum absolute atomic E-state index is 11.4. The van der Waals surface area contributed by atoms with E-state index in [2.05, 4.69) is 10.0 Å². The monoisotopic (exact) mass is 229 g/mol. The van der Waals surface area contributed by atoms with Crippen LogP contribution in [-0.4, -0.2) is 12.5 Å². The van der Waals surface area contributed by atoms with Crippen LogP contribution in [0.1, 0.15) is 18.1 Å². The molecule has 1 unspecified atom stereocenters. The molecule has 1 aromatic carbocycles. The SMILES string of the molecule is [N-]=[N+]=NCC1=CC(=O)OC(c2ccccc2)C1. The third-order valence-corrected chi connectivity index (χ3v) is 2.54. The second-order valence-corrected chi connectivity index (χ2v) is 3.73. The van der Waals surface area contributed by atoms with Crippen molar-refractivity contribution in [3.05, 3.63) is 58.0 Å². The molecule has 0 saturated carbocycles. The summed E-state index contributed by atoms with van der Waals surface area (Å²) < 4.78 is 5.23. The first-order valence-electron chi connectivity index (χ1n) is 5.25. The molecule has 2 rings (SSSR count). The minimum atomic E-state index is -0.381. The number of benzene rings is 1. The molecule has 0 aromatic heterocycles. The first kappa shape index (κ1) is 11.2. The molecule has 0 aliphatic carbocycles. The number of azide groups is 1. The van der Waals surface area contributed by atoms with E-state index in [1.54, 1.807) is 0 Å². The molecule has 0 fully saturated rings. The van der Waals surface area contributed by atoms with Crippen molar-refractivity contribution in [3.8, 4) is 0 Å². The Hall–Kier alpha value is -2.26. The largest absolute Gasteiger partial charge is 0.454 e. The number of nitrogens with zero attached hydrogens (tertiary/aromatic N) is 3. The summed E-state index contributed by atoms with van der Waals surface area (Å²) in [5.74, 6) is -0.381. The van der Waals surface area contributed by atoms with Crippen LogP contribution < -0.4 is 0 Å². The molecule has 0 saturated heterocycles. The van der Waals surface area contributed by atoms with Crippen molar-refractivity contribution >= 4 is 5.97 Å². The predicted octanol–water partition coefficient (Wildman–Crippen LogP) is 2.91. The van der Waals surface area contributed by atoms with Gasteiger partial charge in [-0.1, -0.05) is 41.0 Å². The van der Waals surface area contributed by atoms with Crippen LogP contribution in [-0.2, 0) is 9.53 Å². The van der Waals surface area contributed by atoms with Gasteiger partial charge in [0.05, 0.1) is 0 Å². The molecule has 1 atom stereocenters. The van der Waals surface area contributed by atoms with Crippen LogP contribution >= 0.6 is 0 Å². The topological polar surface area (TPSA) is 75.1 Å². The zero-order valence-electron chi connectivity index (χ0n) is 9.11. The van der Waals surface area contributed by atoms with E-state index in [0.29, 0.717) is 6.42 Å². The van der Waals surface area contributed by atoms with Crippen molar-refractivity contribution < 1.29 is 9.53 Å². The number of hydrogen-bond acceptors (Lipinski definition) is 3. The quantitative estimate of drug-likeness (QED) is 0.346. The highest BCUT2D eigenvalue weighted by molar-refractivity contribution is 5.84. The van der Waals surface area contributed by atoms with Crippen molar-refractivity contribution in [1.82, 2.24) is 0 Å². The van der Waals surface area contributed by atoms with Gasteiger partial charge in [-0.05, 0) is 11.1 Å². The van der Waals surface area contributed by atoms with Gasteiger partial charge in [0.25, 0.3) is 0 Å². The van der Waals surface area contributed by atoms with E-state index in [-0.39, 0.29) is 18.6 Å². The third-order valence-electron chi connectivity index (χ3n) is 2.54. The Labute approximate surface area is 98.3 Å². The van der Waals surface area contributed by atoms with E-state index in [4.69, 9.17) is 10.3 Å². The molecule has 0 N–H and O–H groups in total. The number of carbonyl (C=O) groups excluding carboxylic acids is 1. The Balaban J connectivity index is 2.16. The first-order chi connectivity index (χ1) is 8.29. The molecule has 86 valence electrons. The molecule has 1 aliphatic heterocycles. The molecule has 17 heavy (non-hydrogen) atoms. The molecular formula is C12H11N3O2. The Morgan fingerprint density at radius 2 is 2.18 bits per heavy atom. The van der Waals surface area contributed by atoms with Crippen molar-refractivity contribution in [2.75, 3.05) is 6.54 Å². The fourth-order valence-corrected chi connectivity index (χ4v) is 1.77. The lowest BCUT2D eigenvalue weighted by atomic mass is 9.99. The molecule has 0 amide bonds. The summed E-state index contributed by atoms with van der Waals surface area (Å²) in [6.07, 6.45) is 1.70. The zero-order chi connectivity index (χ0) is 12.1. The summed E-state index contributed by atoms with van der Waals surface area (Å²) >= 11 is 0. The van der Waals surface area contributed by atoms with Gasteiger partial charge in [0.1, 0.15) is 6.10 Å². The fraction of sp³-hybridized carbons (Fsp3) is 0.250. The van der Waals surface area contributed by atoms with Crippen LogP contribution in [0.3, 0.4) is 0 Å². The molecule has 5 heteroatoms. The average Bonchev–Trinajstić information content (AvgIpc) is 2.37. The molecule has 1 aliphatic rings. The Kier molecular flexibility index (Phi) is 3.43. The lowest BCUT2D eigenvalue weighted by Crippen LogP contribution is -2.17. The summed E-state index contributed by atoms with van der Waals surface area (Å²) in [5, 5.41) is 3.46. The smallest absolute Gasteiger partial charge is 0.331 e. The van der Waals surface area contributed by atoms with Gasteiger partial charge in [0.2, 0.25) is 0 Å². The van der Waals surface area contributed by atoms with Crippen LogP contribution in [0.4, 0.5) is 0 Å². The Morgan fingerprint density at radius 3 is 2.88 bits per heavy atom. The summed E-state index contributed by atoms with van der Waals surface area (Å²) in [6, 6.07) is 9.52. The van der Waals surface area contributed by atoms with Crippen molar-refractivity contribution in [3.63, 3.8) is 0 Å². The van der Waals surface area contributed by atoms with Gasteiger partial charge in [-0.25, -0.2) is 4.79 Å². The number of esters is 1.